The lowest BCUT2D eigenvalue weighted by molar-refractivity contribution is -0.116. The smallest absolute Gasteiger partial charge is 0.272 e. The fraction of sp³-hybridized carbons (Fsp3) is 0.179. The largest absolute Gasteiger partial charge is 0.321 e. The fourth-order valence-corrected chi connectivity index (χ4v) is 6.37. The monoisotopic (exact) mass is 609 g/mol. The number of hydrogen-bond acceptors (Lipinski definition) is 9. The van der Waals surface area contributed by atoms with E-state index in [1.165, 1.54) is 34.9 Å². The van der Waals surface area contributed by atoms with Crippen LogP contribution >= 0.6 is 46.4 Å². The molecule has 0 saturated heterocycles. The highest BCUT2D eigenvalue weighted by molar-refractivity contribution is 8.00. The summed E-state index contributed by atoms with van der Waals surface area (Å²) >= 11 is 5.54. The van der Waals surface area contributed by atoms with E-state index in [1.807, 2.05) is 49.6 Å². The number of aromatic nitrogens is 2. The second kappa shape index (κ2) is 14.8. The van der Waals surface area contributed by atoms with Gasteiger partial charge in [-0.25, -0.2) is 0 Å². The van der Waals surface area contributed by atoms with Gasteiger partial charge in [0.05, 0.1) is 5.25 Å². The first-order chi connectivity index (χ1) is 19.4. The van der Waals surface area contributed by atoms with E-state index in [1.54, 1.807) is 42.5 Å². The van der Waals surface area contributed by atoms with Gasteiger partial charge < -0.3 is 10.6 Å². The predicted molar refractivity (Wildman–Crippen MR) is 166 cm³/mol. The van der Waals surface area contributed by atoms with Gasteiger partial charge in [-0.3, -0.25) is 19.7 Å². The van der Waals surface area contributed by atoms with Crippen molar-refractivity contribution in [1.29, 1.82) is 0 Å². The number of thiophene rings is 1. The number of amides is 3. The molecule has 12 heteroatoms. The van der Waals surface area contributed by atoms with E-state index in [0.29, 0.717) is 28.0 Å². The molecule has 4 aromatic rings. The Balaban J connectivity index is 1.44. The molecule has 206 valence electrons. The highest BCUT2D eigenvalue weighted by Crippen LogP contribution is 2.29. The first-order valence-corrected chi connectivity index (χ1v) is 15.9. The Kier molecular flexibility index (Phi) is 10.9. The first kappa shape index (κ1) is 29.5. The van der Waals surface area contributed by atoms with Gasteiger partial charge in [-0.1, -0.05) is 55.9 Å². The second-order valence-electron chi connectivity index (χ2n) is 8.19. The molecule has 2 aromatic carbocycles. The van der Waals surface area contributed by atoms with Crippen LogP contribution in [0.4, 0.5) is 10.8 Å². The highest BCUT2D eigenvalue weighted by Gasteiger charge is 2.21. The molecule has 1 atom stereocenters. The third-order valence-electron chi connectivity index (χ3n) is 5.30. The lowest BCUT2D eigenvalue weighted by atomic mass is 10.2. The average molecular weight is 610 g/mol. The molecular weight excluding hydrogens is 583 g/mol. The summed E-state index contributed by atoms with van der Waals surface area (Å²) in [5.41, 5.74) is 1.11. The minimum atomic E-state index is -0.457. The first-order valence-electron chi connectivity index (χ1n) is 12.4. The van der Waals surface area contributed by atoms with Crippen LogP contribution in [0.25, 0.3) is 6.08 Å². The normalized spacial score (nSPS) is 12.0. The van der Waals surface area contributed by atoms with Gasteiger partial charge >= 0.3 is 0 Å². The summed E-state index contributed by atoms with van der Waals surface area (Å²) in [6.07, 6.45) is 2.25. The van der Waals surface area contributed by atoms with Crippen LogP contribution in [0.15, 0.2) is 87.9 Å². The zero-order chi connectivity index (χ0) is 28.3. The van der Waals surface area contributed by atoms with Crippen LogP contribution < -0.4 is 16.0 Å². The van der Waals surface area contributed by atoms with Crippen molar-refractivity contribution in [2.45, 2.75) is 35.6 Å². The van der Waals surface area contributed by atoms with Crippen LogP contribution in [0.1, 0.15) is 35.5 Å². The third-order valence-corrected chi connectivity index (χ3v) is 8.96. The number of nitrogens with zero attached hydrogens (tertiary/aromatic N) is 2. The molecule has 0 saturated carbocycles. The van der Waals surface area contributed by atoms with Crippen molar-refractivity contribution >= 4 is 81.0 Å². The van der Waals surface area contributed by atoms with Gasteiger partial charge in [0.2, 0.25) is 16.2 Å². The maximum absolute atomic E-state index is 13.3. The van der Waals surface area contributed by atoms with Gasteiger partial charge in [0.25, 0.3) is 11.8 Å². The number of hydrogen-bond donors (Lipinski definition) is 3. The topological polar surface area (TPSA) is 113 Å². The van der Waals surface area contributed by atoms with E-state index in [9.17, 15) is 14.4 Å². The number of thioether (sulfide) groups is 2. The number of benzene rings is 2. The molecular formula is C28H27N5O3S4. The highest BCUT2D eigenvalue weighted by atomic mass is 32.2. The maximum atomic E-state index is 13.3. The number of nitrogens with one attached hydrogen (secondary N) is 3. The van der Waals surface area contributed by atoms with Crippen molar-refractivity contribution in [3.63, 3.8) is 0 Å². The van der Waals surface area contributed by atoms with Crippen LogP contribution in [0.3, 0.4) is 0 Å². The number of anilines is 2. The molecule has 4 rings (SSSR count). The van der Waals surface area contributed by atoms with Crippen molar-refractivity contribution < 1.29 is 14.4 Å². The summed E-state index contributed by atoms with van der Waals surface area (Å²) < 4.78 is 4.24. The standard InChI is InChI=1S/C28H27N5O3S4/c1-3-23(26(36)31-27-32-28(33-40-27)37-4-2)39-21-13-8-12-19(16-21)29-25(35)22(17-20-14-9-15-38-20)30-24(34)18-10-6-5-7-11-18/h5-17,23H,3-4H2,1-2H3,(H,29,35)(H,30,34)(H,31,32,33,36)/b22-17-. The Bertz CT molecular complexity index is 1470. The van der Waals surface area contributed by atoms with Crippen molar-refractivity contribution in [1.82, 2.24) is 14.7 Å². The molecule has 0 radical (unpaired) electrons. The molecule has 0 aliphatic carbocycles. The van der Waals surface area contributed by atoms with Gasteiger partial charge in [-0.2, -0.15) is 9.36 Å². The molecule has 8 nitrogen and oxygen atoms in total. The van der Waals surface area contributed by atoms with Crippen molar-refractivity contribution in [2.24, 2.45) is 0 Å². The summed E-state index contributed by atoms with van der Waals surface area (Å²) in [5.74, 6) is -0.136. The van der Waals surface area contributed by atoms with E-state index in [4.69, 9.17) is 0 Å². The Morgan fingerprint density at radius 2 is 1.82 bits per heavy atom. The quantitative estimate of drug-likeness (QED) is 0.122. The van der Waals surface area contributed by atoms with Gasteiger partial charge in [0.1, 0.15) is 5.70 Å². The molecule has 2 aromatic heterocycles. The third kappa shape index (κ3) is 8.52. The summed E-state index contributed by atoms with van der Waals surface area (Å²) in [6.45, 7) is 3.96. The molecule has 3 amide bonds. The number of carbonyl (C=O) groups is 3. The predicted octanol–water partition coefficient (Wildman–Crippen LogP) is 6.63. The van der Waals surface area contributed by atoms with E-state index in [0.717, 1.165) is 27.1 Å². The lowest BCUT2D eigenvalue weighted by Crippen LogP contribution is -2.30. The van der Waals surface area contributed by atoms with Crippen LogP contribution in [-0.2, 0) is 9.59 Å². The van der Waals surface area contributed by atoms with Gasteiger partial charge in [0.15, 0.2) is 0 Å². The SMILES string of the molecule is CCSc1nsc(NC(=O)C(CC)Sc2cccc(NC(=O)/C(=C/c3cccs3)NC(=O)c3ccccc3)c2)n1. The Labute approximate surface area is 249 Å². The van der Waals surface area contributed by atoms with Gasteiger partial charge in [0, 0.05) is 32.6 Å². The van der Waals surface area contributed by atoms with E-state index in [-0.39, 0.29) is 22.8 Å². The molecule has 3 N–H and O–H groups in total. The maximum Gasteiger partial charge on any atom is 0.272 e. The van der Waals surface area contributed by atoms with Crippen molar-refractivity contribution in [2.75, 3.05) is 16.4 Å². The molecule has 0 fully saturated rings. The molecule has 0 aliphatic heterocycles. The van der Waals surface area contributed by atoms with Crippen LogP contribution in [0.2, 0.25) is 0 Å². The van der Waals surface area contributed by atoms with Crippen molar-refractivity contribution in [3.05, 3.63) is 88.2 Å². The van der Waals surface area contributed by atoms with Crippen molar-refractivity contribution in [3.8, 4) is 0 Å². The Morgan fingerprint density at radius 3 is 2.55 bits per heavy atom. The summed E-state index contributed by atoms with van der Waals surface area (Å²) in [6, 6.07) is 19.7. The van der Waals surface area contributed by atoms with Crippen LogP contribution in [0, 0.1) is 0 Å². The van der Waals surface area contributed by atoms with E-state index >= 15 is 0 Å². The van der Waals surface area contributed by atoms with Crippen LogP contribution in [-0.4, -0.2) is 38.1 Å². The zero-order valence-corrected chi connectivity index (χ0v) is 25.0. The van der Waals surface area contributed by atoms with Gasteiger partial charge in [-0.15, -0.1) is 23.1 Å². The molecule has 40 heavy (non-hydrogen) atoms. The minimum absolute atomic E-state index is 0.123. The summed E-state index contributed by atoms with van der Waals surface area (Å²) in [4.78, 5) is 45.0. The minimum Gasteiger partial charge on any atom is -0.321 e. The molecule has 1 unspecified atom stereocenters. The summed E-state index contributed by atoms with van der Waals surface area (Å²) in [7, 11) is 0. The van der Waals surface area contributed by atoms with E-state index in [2.05, 4.69) is 25.3 Å². The van der Waals surface area contributed by atoms with Crippen LogP contribution in [0.5, 0.6) is 0 Å². The zero-order valence-electron chi connectivity index (χ0n) is 21.7. The molecule has 2 heterocycles. The average Bonchev–Trinajstić information content (AvgIpc) is 3.64. The molecule has 0 spiro atoms. The summed E-state index contributed by atoms with van der Waals surface area (Å²) in [5, 5.41) is 11.1. The Morgan fingerprint density at radius 1 is 1.00 bits per heavy atom. The number of rotatable bonds is 12. The lowest BCUT2D eigenvalue weighted by Gasteiger charge is -2.15. The molecule has 0 aliphatic rings. The second-order valence-corrected chi connectivity index (χ2v) is 12.4. The van der Waals surface area contributed by atoms with Gasteiger partial charge in [-0.05, 0) is 60.0 Å². The Hall–Kier alpha value is -3.45. The fourth-order valence-electron chi connectivity index (χ4n) is 3.42. The number of carbonyl (C=O) groups excluding carboxylic acids is 3. The molecule has 0 bridgehead atoms. The van der Waals surface area contributed by atoms with E-state index < -0.39 is 5.91 Å².